The molecule has 0 saturated heterocycles. The van der Waals surface area contributed by atoms with Crippen molar-refractivity contribution in [3.63, 3.8) is 0 Å². The summed E-state index contributed by atoms with van der Waals surface area (Å²) in [5.74, 6) is -0.672. The summed E-state index contributed by atoms with van der Waals surface area (Å²) in [7, 11) is 0. The molecule has 138 valence electrons. The van der Waals surface area contributed by atoms with Crippen LogP contribution < -0.4 is 10.8 Å². The Labute approximate surface area is 161 Å². The molecule has 0 bridgehead atoms. The summed E-state index contributed by atoms with van der Waals surface area (Å²) in [6.45, 7) is 0.403. The molecule has 0 aliphatic rings. The summed E-state index contributed by atoms with van der Waals surface area (Å²) in [4.78, 5) is 24.0. The van der Waals surface area contributed by atoms with E-state index in [1.165, 1.54) is 0 Å². The number of hydroxylamine groups is 1. The number of carbonyl (C=O) groups excluding carboxylic acids is 2. The molecular formula is C23H18N2O3. The first-order chi connectivity index (χ1) is 13.6. The second-order valence-electron chi connectivity index (χ2n) is 6.58. The maximum atomic E-state index is 12.5. The Morgan fingerprint density at radius 2 is 1.25 bits per heavy atom. The third kappa shape index (κ3) is 3.56. The molecule has 0 unspecified atom stereocenters. The number of fused-ring (bicyclic) bond motifs is 2. The van der Waals surface area contributed by atoms with Gasteiger partial charge in [-0.1, -0.05) is 48.5 Å². The van der Waals surface area contributed by atoms with Crippen LogP contribution in [-0.2, 0) is 6.54 Å². The normalized spacial score (nSPS) is 10.8. The van der Waals surface area contributed by atoms with E-state index in [2.05, 4.69) is 5.32 Å². The van der Waals surface area contributed by atoms with Crippen molar-refractivity contribution in [3.8, 4) is 0 Å². The van der Waals surface area contributed by atoms with Crippen LogP contribution in [0.25, 0.3) is 21.5 Å². The van der Waals surface area contributed by atoms with Crippen LogP contribution in [0.3, 0.4) is 0 Å². The van der Waals surface area contributed by atoms with Gasteiger partial charge in [0.05, 0.1) is 0 Å². The number of nitrogens with one attached hydrogen (secondary N) is 2. The number of benzene rings is 4. The van der Waals surface area contributed by atoms with Crippen molar-refractivity contribution in [1.82, 2.24) is 10.8 Å². The largest absolute Gasteiger partial charge is 0.348 e. The molecule has 0 aliphatic heterocycles. The molecule has 0 fully saturated rings. The average molecular weight is 370 g/mol. The Morgan fingerprint density at radius 1 is 0.679 bits per heavy atom. The van der Waals surface area contributed by atoms with E-state index in [-0.39, 0.29) is 5.91 Å². The van der Waals surface area contributed by atoms with Crippen molar-refractivity contribution >= 4 is 33.4 Å². The number of rotatable bonds is 4. The molecule has 4 rings (SSSR count). The van der Waals surface area contributed by atoms with Crippen molar-refractivity contribution in [1.29, 1.82) is 0 Å². The van der Waals surface area contributed by atoms with Gasteiger partial charge in [0.25, 0.3) is 11.8 Å². The molecule has 2 amide bonds. The van der Waals surface area contributed by atoms with Gasteiger partial charge in [-0.3, -0.25) is 14.8 Å². The van der Waals surface area contributed by atoms with Gasteiger partial charge in [-0.05, 0) is 57.4 Å². The first-order valence-electron chi connectivity index (χ1n) is 8.88. The Hall–Kier alpha value is -3.70. The molecule has 0 saturated carbocycles. The predicted molar refractivity (Wildman–Crippen MR) is 108 cm³/mol. The number of carbonyl (C=O) groups is 2. The van der Waals surface area contributed by atoms with Crippen LogP contribution in [0.5, 0.6) is 0 Å². The molecule has 5 heteroatoms. The number of amides is 2. The molecule has 0 atom stereocenters. The fraction of sp³-hybridized carbons (Fsp3) is 0.0435. The van der Waals surface area contributed by atoms with E-state index in [9.17, 15) is 9.59 Å². The Bertz CT molecular complexity index is 1200. The highest BCUT2D eigenvalue weighted by molar-refractivity contribution is 5.99. The lowest BCUT2D eigenvalue weighted by Crippen LogP contribution is -2.22. The molecule has 0 aromatic heterocycles. The van der Waals surface area contributed by atoms with E-state index in [4.69, 9.17) is 5.21 Å². The smallest absolute Gasteiger partial charge is 0.274 e. The highest BCUT2D eigenvalue weighted by atomic mass is 16.5. The van der Waals surface area contributed by atoms with Crippen molar-refractivity contribution < 1.29 is 14.8 Å². The van der Waals surface area contributed by atoms with Gasteiger partial charge in [-0.15, -0.1) is 0 Å². The number of hydrogen-bond acceptors (Lipinski definition) is 3. The van der Waals surface area contributed by atoms with E-state index in [1.54, 1.807) is 17.6 Å². The highest BCUT2D eigenvalue weighted by Crippen LogP contribution is 2.19. The summed E-state index contributed by atoms with van der Waals surface area (Å²) in [5.41, 5.74) is 3.60. The minimum absolute atomic E-state index is 0.124. The lowest BCUT2D eigenvalue weighted by atomic mass is 10.0. The molecule has 0 aliphatic carbocycles. The van der Waals surface area contributed by atoms with Gasteiger partial charge in [0.2, 0.25) is 0 Å². The monoisotopic (exact) mass is 370 g/mol. The highest BCUT2D eigenvalue weighted by Gasteiger charge is 2.08. The molecule has 5 nitrogen and oxygen atoms in total. The minimum Gasteiger partial charge on any atom is -0.348 e. The number of hydrogen-bond donors (Lipinski definition) is 3. The fourth-order valence-corrected chi connectivity index (χ4v) is 3.23. The van der Waals surface area contributed by atoms with Crippen molar-refractivity contribution in [2.45, 2.75) is 6.54 Å². The fourth-order valence-electron chi connectivity index (χ4n) is 3.23. The van der Waals surface area contributed by atoms with Crippen LogP contribution >= 0.6 is 0 Å². The summed E-state index contributed by atoms with van der Waals surface area (Å²) in [6.07, 6.45) is 0. The van der Waals surface area contributed by atoms with Crippen LogP contribution in [-0.4, -0.2) is 17.0 Å². The van der Waals surface area contributed by atoms with Gasteiger partial charge < -0.3 is 5.32 Å². The maximum absolute atomic E-state index is 12.5. The molecule has 3 N–H and O–H groups in total. The van der Waals surface area contributed by atoms with Crippen molar-refractivity contribution in [3.05, 3.63) is 95.6 Å². The Balaban J connectivity index is 1.49. The van der Waals surface area contributed by atoms with Crippen molar-refractivity contribution in [2.24, 2.45) is 0 Å². The van der Waals surface area contributed by atoms with E-state index in [1.807, 2.05) is 66.7 Å². The van der Waals surface area contributed by atoms with Crippen LogP contribution in [0.4, 0.5) is 0 Å². The Kier molecular flexibility index (Phi) is 4.74. The zero-order valence-corrected chi connectivity index (χ0v) is 15.0. The Morgan fingerprint density at radius 3 is 2.00 bits per heavy atom. The molecule has 0 spiro atoms. The van der Waals surface area contributed by atoms with Gasteiger partial charge in [0.1, 0.15) is 0 Å². The summed E-state index contributed by atoms with van der Waals surface area (Å²) < 4.78 is 0. The lowest BCUT2D eigenvalue weighted by Gasteiger charge is -2.08. The van der Waals surface area contributed by atoms with Crippen LogP contribution in [0.15, 0.2) is 78.9 Å². The van der Waals surface area contributed by atoms with Crippen molar-refractivity contribution in [2.75, 3.05) is 0 Å². The van der Waals surface area contributed by atoms with E-state index < -0.39 is 5.91 Å². The van der Waals surface area contributed by atoms with E-state index >= 15 is 0 Å². The third-order valence-corrected chi connectivity index (χ3v) is 4.73. The second kappa shape index (κ2) is 7.50. The van der Waals surface area contributed by atoms with E-state index in [0.717, 1.165) is 27.1 Å². The zero-order chi connectivity index (χ0) is 19.5. The van der Waals surface area contributed by atoms with Gasteiger partial charge in [0.15, 0.2) is 0 Å². The van der Waals surface area contributed by atoms with Gasteiger partial charge >= 0.3 is 0 Å². The lowest BCUT2D eigenvalue weighted by molar-refractivity contribution is 0.0706. The van der Waals surface area contributed by atoms with Crippen LogP contribution in [0, 0.1) is 0 Å². The topological polar surface area (TPSA) is 78.4 Å². The first kappa shape index (κ1) is 17.7. The molecule has 4 aromatic carbocycles. The van der Waals surface area contributed by atoms with Crippen LogP contribution in [0.2, 0.25) is 0 Å². The predicted octanol–water partition coefficient (Wildman–Crippen LogP) is 4.04. The minimum atomic E-state index is -0.548. The molecule has 0 radical (unpaired) electrons. The zero-order valence-electron chi connectivity index (χ0n) is 15.0. The first-order valence-corrected chi connectivity index (χ1v) is 8.88. The third-order valence-electron chi connectivity index (χ3n) is 4.73. The van der Waals surface area contributed by atoms with Gasteiger partial charge in [-0.2, -0.15) is 0 Å². The molecule has 28 heavy (non-hydrogen) atoms. The standard InChI is InChI=1S/C23H18N2O3/c26-22(20-9-7-16-3-1-2-4-17(16)12-20)24-14-15-5-6-19-13-21(23(27)25-28)10-8-18(19)11-15/h1-13,28H,14H2,(H,24,26)(H,25,27). The quantitative estimate of drug-likeness (QED) is 0.375. The average Bonchev–Trinajstić information content (AvgIpc) is 2.76. The summed E-state index contributed by atoms with van der Waals surface area (Å²) in [6, 6.07) is 24.5. The summed E-state index contributed by atoms with van der Waals surface area (Å²) >= 11 is 0. The molecule has 0 heterocycles. The van der Waals surface area contributed by atoms with Gasteiger partial charge in [0, 0.05) is 17.7 Å². The molecule has 4 aromatic rings. The van der Waals surface area contributed by atoms with E-state index in [0.29, 0.717) is 17.7 Å². The summed E-state index contributed by atoms with van der Waals surface area (Å²) in [5, 5.41) is 15.6. The SMILES string of the molecule is O=C(NO)c1ccc2cc(CNC(=O)c3ccc4ccccc4c3)ccc2c1. The van der Waals surface area contributed by atoms with Gasteiger partial charge in [-0.25, -0.2) is 5.48 Å². The molecular weight excluding hydrogens is 352 g/mol. The van der Waals surface area contributed by atoms with Crippen LogP contribution in [0.1, 0.15) is 26.3 Å². The second-order valence-corrected chi connectivity index (χ2v) is 6.58. The maximum Gasteiger partial charge on any atom is 0.274 e.